The van der Waals surface area contributed by atoms with E-state index in [9.17, 15) is 5.11 Å². The van der Waals surface area contributed by atoms with Crippen LogP contribution in [0.5, 0.6) is 5.75 Å². The minimum absolute atomic E-state index is 0.227. The van der Waals surface area contributed by atoms with Crippen molar-refractivity contribution in [2.24, 2.45) is 11.7 Å². The van der Waals surface area contributed by atoms with Gasteiger partial charge in [-0.25, -0.2) is 0 Å². The maximum Gasteiger partial charge on any atom is 0.125 e. The lowest BCUT2D eigenvalue weighted by molar-refractivity contribution is 0.122. The molecule has 0 bridgehead atoms. The Bertz CT molecular complexity index is 325. The lowest BCUT2D eigenvalue weighted by Crippen LogP contribution is -2.33. The highest BCUT2D eigenvalue weighted by Gasteiger charge is 2.22. The number of nitrogens with two attached hydrogens (primary N) is 1. The van der Waals surface area contributed by atoms with Crippen LogP contribution in [-0.2, 0) is 0 Å². The summed E-state index contributed by atoms with van der Waals surface area (Å²) in [4.78, 5) is 0. The zero-order chi connectivity index (χ0) is 12.1. The number of benzene rings is 1. The predicted molar refractivity (Wildman–Crippen MR) is 65.4 cm³/mol. The van der Waals surface area contributed by atoms with Crippen molar-refractivity contribution in [2.45, 2.75) is 32.9 Å². The second-order valence-electron chi connectivity index (χ2n) is 4.24. The first-order valence-corrected chi connectivity index (χ1v) is 5.73. The Kier molecular flexibility index (Phi) is 4.77. The predicted octanol–water partition coefficient (Wildman–Crippen LogP) is 2.10. The lowest BCUT2D eigenvalue weighted by Gasteiger charge is -2.24. The van der Waals surface area contributed by atoms with Gasteiger partial charge in [-0.3, -0.25) is 0 Å². The average Bonchev–Trinajstić information content (AvgIpc) is 2.28. The molecule has 0 aliphatic rings. The summed E-state index contributed by atoms with van der Waals surface area (Å²) < 4.78 is 5.47. The van der Waals surface area contributed by atoms with Crippen molar-refractivity contribution in [2.75, 3.05) is 6.61 Å². The molecule has 0 fully saturated rings. The van der Waals surface area contributed by atoms with Crippen molar-refractivity contribution in [3.63, 3.8) is 0 Å². The largest absolute Gasteiger partial charge is 0.493 e. The van der Waals surface area contributed by atoms with Gasteiger partial charge in [0.15, 0.2) is 0 Å². The molecule has 2 atom stereocenters. The van der Waals surface area contributed by atoms with Crippen LogP contribution in [0.3, 0.4) is 0 Å². The summed E-state index contributed by atoms with van der Waals surface area (Å²) in [6.07, 6.45) is -0.678. The Hall–Kier alpha value is -1.06. The Morgan fingerprint density at radius 2 is 1.94 bits per heavy atom. The van der Waals surface area contributed by atoms with Gasteiger partial charge in [-0.15, -0.1) is 0 Å². The van der Waals surface area contributed by atoms with Crippen LogP contribution in [0.1, 0.15) is 32.4 Å². The molecule has 0 aliphatic heterocycles. The summed E-state index contributed by atoms with van der Waals surface area (Å²) in [5, 5.41) is 10.2. The Balaban J connectivity index is 2.93. The molecule has 0 heterocycles. The summed E-state index contributed by atoms with van der Waals surface area (Å²) in [5.41, 5.74) is 6.72. The van der Waals surface area contributed by atoms with E-state index in [0.29, 0.717) is 12.4 Å². The van der Waals surface area contributed by atoms with Gasteiger partial charge >= 0.3 is 0 Å². The van der Waals surface area contributed by atoms with E-state index in [2.05, 4.69) is 0 Å². The van der Waals surface area contributed by atoms with E-state index in [-0.39, 0.29) is 12.0 Å². The smallest absolute Gasteiger partial charge is 0.125 e. The molecule has 0 spiro atoms. The zero-order valence-corrected chi connectivity index (χ0v) is 10.2. The normalized spacial score (nSPS) is 14.9. The van der Waals surface area contributed by atoms with Crippen LogP contribution in [0.4, 0.5) is 0 Å². The van der Waals surface area contributed by atoms with Crippen molar-refractivity contribution >= 4 is 0 Å². The van der Waals surface area contributed by atoms with E-state index in [1.54, 1.807) is 0 Å². The van der Waals surface area contributed by atoms with Gasteiger partial charge in [0.25, 0.3) is 0 Å². The van der Waals surface area contributed by atoms with Crippen molar-refractivity contribution < 1.29 is 9.84 Å². The molecule has 0 aromatic heterocycles. The molecule has 3 heteroatoms. The highest BCUT2D eigenvalue weighted by molar-refractivity contribution is 5.35. The monoisotopic (exact) mass is 223 g/mol. The first-order chi connectivity index (χ1) is 7.57. The standard InChI is InChI=1S/C13H21NO2/c1-4-16-11-8-6-5-7-10(11)13(15)12(14)9(2)3/h5-9,12-13,15H,4,14H2,1-3H3. The van der Waals surface area contributed by atoms with Gasteiger partial charge in [0.1, 0.15) is 5.75 Å². The highest BCUT2D eigenvalue weighted by Crippen LogP contribution is 2.28. The Morgan fingerprint density at radius 3 is 2.50 bits per heavy atom. The van der Waals surface area contributed by atoms with E-state index >= 15 is 0 Å². The van der Waals surface area contributed by atoms with Crippen molar-refractivity contribution in [3.8, 4) is 5.75 Å². The molecular formula is C13H21NO2. The fourth-order valence-corrected chi connectivity index (χ4v) is 1.58. The molecule has 0 amide bonds. The Labute approximate surface area is 97.2 Å². The minimum Gasteiger partial charge on any atom is -0.493 e. The zero-order valence-electron chi connectivity index (χ0n) is 10.2. The lowest BCUT2D eigenvalue weighted by atomic mass is 9.94. The van der Waals surface area contributed by atoms with Crippen LogP contribution in [0, 0.1) is 5.92 Å². The van der Waals surface area contributed by atoms with Crippen molar-refractivity contribution in [1.82, 2.24) is 0 Å². The molecule has 1 rings (SSSR count). The molecular weight excluding hydrogens is 202 g/mol. The number of aliphatic hydroxyl groups is 1. The Morgan fingerprint density at radius 1 is 1.31 bits per heavy atom. The van der Waals surface area contributed by atoms with Crippen LogP contribution >= 0.6 is 0 Å². The molecule has 3 N–H and O–H groups in total. The van der Waals surface area contributed by atoms with Gasteiger partial charge in [-0.1, -0.05) is 32.0 Å². The van der Waals surface area contributed by atoms with Gasteiger partial charge in [-0.2, -0.15) is 0 Å². The SMILES string of the molecule is CCOc1ccccc1C(O)C(N)C(C)C. The van der Waals surface area contributed by atoms with Crippen molar-refractivity contribution in [3.05, 3.63) is 29.8 Å². The third-order valence-electron chi connectivity index (χ3n) is 2.67. The quantitative estimate of drug-likeness (QED) is 0.803. The minimum atomic E-state index is -0.678. The average molecular weight is 223 g/mol. The summed E-state index contributed by atoms with van der Waals surface area (Å²) in [7, 11) is 0. The van der Waals surface area contributed by atoms with Crippen LogP contribution in [0.25, 0.3) is 0 Å². The first kappa shape index (κ1) is 13.0. The first-order valence-electron chi connectivity index (χ1n) is 5.73. The van der Waals surface area contributed by atoms with Crippen LogP contribution in [0.2, 0.25) is 0 Å². The summed E-state index contributed by atoms with van der Waals surface area (Å²) in [6.45, 7) is 6.50. The van der Waals surface area contributed by atoms with Gasteiger partial charge in [0.2, 0.25) is 0 Å². The highest BCUT2D eigenvalue weighted by atomic mass is 16.5. The maximum atomic E-state index is 10.2. The van der Waals surface area contributed by atoms with E-state index < -0.39 is 6.10 Å². The summed E-state index contributed by atoms with van der Waals surface area (Å²) in [6, 6.07) is 7.21. The topological polar surface area (TPSA) is 55.5 Å². The second kappa shape index (κ2) is 5.87. The van der Waals surface area contributed by atoms with E-state index in [0.717, 1.165) is 5.56 Å². The van der Waals surface area contributed by atoms with Gasteiger partial charge in [-0.05, 0) is 18.9 Å². The number of rotatable bonds is 5. The second-order valence-corrected chi connectivity index (χ2v) is 4.24. The third kappa shape index (κ3) is 2.97. The van der Waals surface area contributed by atoms with Gasteiger partial charge in [0, 0.05) is 11.6 Å². The van der Waals surface area contributed by atoms with E-state index in [4.69, 9.17) is 10.5 Å². The molecule has 2 unspecified atom stereocenters. The summed E-state index contributed by atoms with van der Waals surface area (Å²) >= 11 is 0. The molecule has 0 radical (unpaired) electrons. The number of hydrogen-bond acceptors (Lipinski definition) is 3. The molecule has 16 heavy (non-hydrogen) atoms. The van der Waals surface area contributed by atoms with E-state index in [1.807, 2.05) is 45.0 Å². The molecule has 90 valence electrons. The maximum absolute atomic E-state index is 10.2. The fourth-order valence-electron chi connectivity index (χ4n) is 1.58. The van der Waals surface area contributed by atoms with E-state index in [1.165, 1.54) is 0 Å². The molecule has 1 aromatic rings. The van der Waals surface area contributed by atoms with Crippen LogP contribution < -0.4 is 10.5 Å². The molecule has 3 nitrogen and oxygen atoms in total. The molecule has 0 aliphatic carbocycles. The van der Waals surface area contributed by atoms with Crippen LogP contribution in [0.15, 0.2) is 24.3 Å². The molecule has 0 saturated carbocycles. The number of para-hydroxylation sites is 1. The van der Waals surface area contributed by atoms with Gasteiger partial charge < -0.3 is 15.6 Å². The number of aliphatic hydroxyl groups excluding tert-OH is 1. The van der Waals surface area contributed by atoms with Gasteiger partial charge in [0.05, 0.1) is 12.7 Å². The molecule has 1 aromatic carbocycles. The third-order valence-corrected chi connectivity index (χ3v) is 2.67. The van der Waals surface area contributed by atoms with Crippen molar-refractivity contribution in [1.29, 1.82) is 0 Å². The number of hydrogen-bond donors (Lipinski definition) is 2. The fraction of sp³-hybridized carbons (Fsp3) is 0.538. The molecule has 0 saturated heterocycles. The number of ether oxygens (including phenoxy) is 1. The summed E-state index contributed by atoms with van der Waals surface area (Å²) in [5.74, 6) is 0.943. The van der Waals surface area contributed by atoms with Crippen LogP contribution in [-0.4, -0.2) is 17.8 Å².